The minimum absolute atomic E-state index is 0.0222. The SMILES string of the molecule is C[N+]1([O-])CC[C@]23c4c5ccc(O)c4O[C@H]2C(=O)C=C[C@@]3(O)[C@H]1C5.ON1CC[C@]23CCCC[C@@]2(O)[C@H]1Cc1ccccc13. The first kappa shape index (κ1) is 26.8. The van der Waals surface area contributed by atoms with Crippen LogP contribution < -0.4 is 4.74 Å². The Morgan fingerprint density at radius 1 is 1.02 bits per heavy atom. The molecule has 0 aromatic heterocycles. The molecule has 4 N–H and O–H groups in total. The topological polar surface area (TPSA) is 134 Å². The number of phenolic OH excluding ortho intramolecular Hbond substituents is 1. The fourth-order valence-corrected chi connectivity index (χ4v) is 10.3. The van der Waals surface area contributed by atoms with Gasteiger partial charge in [0.25, 0.3) is 0 Å². The highest BCUT2D eigenvalue weighted by Crippen LogP contribution is 2.64. The van der Waals surface area contributed by atoms with E-state index in [-0.39, 0.29) is 23.0 Å². The lowest BCUT2D eigenvalue weighted by Gasteiger charge is -2.64. The standard InChI is InChI=1S/C17H17NO5.C16H21NO2/c1-18(22)7-6-16-13-9-2-3-10(19)14(13)23-15(16)11(20)4-5-17(16,21)12(18)8-9;18-16-8-4-3-7-15(16)9-10-17(19)14(16)11-12-5-1-2-6-13(12)15/h2-5,12,15,19,21H,6-8H2,1H3;1-2,5-6,14,18-19H,3-4,7-11H2/t12-,15+,16+,17-,18?;14-,15+,16-/m11/s1. The summed E-state index contributed by atoms with van der Waals surface area (Å²) < 4.78 is 5.29. The van der Waals surface area contributed by atoms with Crippen molar-refractivity contribution in [3.05, 3.63) is 76.0 Å². The molecule has 2 saturated heterocycles. The summed E-state index contributed by atoms with van der Waals surface area (Å²) in [7, 11) is 1.58. The minimum Gasteiger partial charge on any atom is -0.633 e. The Balaban J connectivity index is 0.000000129. The number of carbonyl (C=O) groups excluding carboxylic acids is 1. The number of likely N-dealkylation sites (N-methyl/N-ethyl adjacent to an activating group) is 1. The molecule has 8 atom stereocenters. The van der Waals surface area contributed by atoms with Crippen molar-refractivity contribution in [1.29, 1.82) is 0 Å². The summed E-state index contributed by atoms with van der Waals surface area (Å²) in [6.07, 6.45) is 8.48. The number of rotatable bonds is 0. The average Bonchev–Trinajstić information content (AvgIpc) is 3.34. The zero-order valence-electron chi connectivity index (χ0n) is 23.8. The first-order valence-electron chi connectivity index (χ1n) is 15.3. The van der Waals surface area contributed by atoms with Crippen molar-refractivity contribution in [2.24, 2.45) is 0 Å². The van der Waals surface area contributed by atoms with Crippen molar-refractivity contribution in [2.75, 3.05) is 20.1 Å². The average molecular weight is 575 g/mol. The highest BCUT2D eigenvalue weighted by molar-refractivity contribution is 5.99. The molecule has 1 unspecified atom stereocenters. The zero-order chi connectivity index (χ0) is 29.3. The summed E-state index contributed by atoms with van der Waals surface area (Å²) in [6.45, 7) is 0.990. The molecule has 2 aromatic carbocycles. The predicted molar refractivity (Wildman–Crippen MR) is 152 cm³/mol. The van der Waals surface area contributed by atoms with Gasteiger partial charge in [-0.25, -0.2) is 0 Å². The van der Waals surface area contributed by atoms with Gasteiger partial charge in [0.2, 0.25) is 0 Å². The van der Waals surface area contributed by atoms with E-state index in [1.54, 1.807) is 13.1 Å². The number of fused-ring (bicyclic) bond motifs is 1. The largest absolute Gasteiger partial charge is 0.633 e. The van der Waals surface area contributed by atoms with E-state index >= 15 is 0 Å². The van der Waals surface area contributed by atoms with E-state index < -0.39 is 33.4 Å². The number of nitrogens with zero attached hydrogens (tertiary/aromatic N) is 2. The Morgan fingerprint density at radius 2 is 1.81 bits per heavy atom. The van der Waals surface area contributed by atoms with Crippen molar-refractivity contribution < 1.29 is 34.7 Å². The van der Waals surface area contributed by atoms with Crippen LogP contribution in [0.5, 0.6) is 11.5 Å². The van der Waals surface area contributed by atoms with Gasteiger partial charge in [0.1, 0.15) is 11.6 Å². The van der Waals surface area contributed by atoms with Gasteiger partial charge in [0.05, 0.1) is 30.7 Å². The van der Waals surface area contributed by atoms with Crippen molar-refractivity contribution >= 4 is 5.78 Å². The van der Waals surface area contributed by atoms with E-state index in [4.69, 9.17) is 4.74 Å². The molecule has 3 aliphatic heterocycles. The lowest BCUT2D eigenvalue weighted by Crippen LogP contribution is -2.78. The molecular formula is C33H38N2O7. The van der Waals surface area contributed by atoms with E-state index in [1.807, 2.05) is 0 Å². The van der Waals surface area contributed by atoms with Crippen LogP contribution in [0.3, 0.4) is 0 Å². The third-order valence-electron chi connectivity index (χ3n) is 12.2. The van der Waals surface area contributed by atoms with Crippen LogP contribution in [0.15, 0.2) is 48.6 Å². The van der Waals surface area contributed by atoms with Gasteiger partial charge in [0, 0.05) is 30.4 Å². The summed E-state index contributed by atoms with van der Waals surface area (Å²) in [6, 6.07) is 11.1. The first-order valence-corrected chi connectivity index (χ1v) is 15.3. The van der Waals surface area contributed by atoms with Gasteiger partial charge in [-0.1, -0.05) is 43.2 Å². The van der Waals surface area contributed by atoms with Crippen LogP contribution in [-0.4, -0.2) is 85.5 Å². The van der Waals surface area contributed by atoms with Crippen LogP contribution in [0.2, 0.25) is 0 Å². The number of ether oxygens (including phenoxy) is 1. The van der Waals surface area contributed by atoms with Crippen LogP contribution in [0.1, 0.15) is 60.8 Å². The molecule has 42 heavy (non-hydrogen) atoms. The Morgan fingerprint density at radius 3 is 2.64 bits per heavy atom. The van der Waals surface area contributed by atoms with Crippen molar-refractivity contribution in [3.63, 3.8) is 0 Å². The number of hydrogen-bond acceptors (Lipinski definition) is 8. The number of hydroxylamine groups is 5. The van der Waals surface area contributed by atoms with Crippen LogP contribution in [0.25, 0.3) is 0 Å². The van der Waals surface area contributed by atoms with Crippen LogP contribution in [0, 0.1) is 5.21 Å². The second-order valence-electron chi connectivity index (χ2n) is 13.8. The monoisotopic (exact) mass is 574 g/mol. The maximum Gasteiger partial charge on any atom is 0.197 e. The van der Waals surface area contributed by atoms with Gasteiger partial charge in [-0.3, -0.25) is 4.79 Å². The molecule has 0 amide bonds. The molecule has 1 saturated carbocycles. The fourth-order valence-electron chi connectivity index (χ4n) is 10.3. The van der Waals surface area contributed by atoms with Gasteiger partial charge in [-0.05, 0) is 60.6 Å². The molecule has 9 rings (SSSR count). The number of benzene rings is 2. The minimum atomic E-state index is -1.44. The highest BCUT2D eigenvalue weighted by Gasteiger charge is 2.74. The van der Waals surface area contributed by atoms with Gasteiger partial charge in [-0.2, -0.15) is 5.06 Å². The summed E-state index contributed by atoms with van der Waals surface area (Å²) in [5.41, 5.74) is 1.01. The molecule has 1 spiro atoms. The number of quaternary nitrogens is 1. The molecule has 9 heteroatoms. The smallest absolute Gasteiger partial charge is 0.197 e. The van der Waals surface area contributed by atoms with E-state index in [1.165, 1.54) is 40.8 Å². The molecule has 7 aliphatic rings. The second kappa shape index (κ2) is 8.43. The molecular weight excluding hydrogens is 536 g/mol. The van der Waals surface area contributed by atoms with Crippen molar-refractivity contribution in [2.45, 2.75) is 91.6 Å². The second-order valence-corrected chi connectivity index (χ2v) is 13.8. The van der Waals surface area contributed by atoms with Crippen LogP contribution >= 0.6 is 0 Å². The van der Waals surface area contributed by atoms with E-state index in [2.05, 4.69) is 24.3 Å². The molecule has 3 heterocycles. The maximum absolute atomic E-state index is 13.0. The molecule has 4 aliphatic carbocycles. The highest BCUT2D eigenvalue weighted by atomic mass is 16.6. The van der Waals surface area contributed by atoms with Crippen molar-refractivity contribution in [1.82, 2.24) is 5.06 Å². The molecule has 2 aromatic rings. The number of ketones is 1. The number of piperidine rings is 2. The Kier molecular flexibility index (Phi) is 5.38. The van der Waals surface area contributed by atoms with Crippen LogP contribution in [0.4, 0.5) is 0 Å². The number of likely N-dealkylation sites (tertiary alicyclic amines) is 1. The summed E-state index contributed by atoms with van der Waals surface area (Å²) in [5.74, 6) is 0.0494. The zero-order valence-corrected chi connectivity index (χ0v) is 23.8. The first-order chi connectivity index (χ1) is 20.0. The summed E-state index contributed by atoms with van der Waals surface area (Å²) in [5, 5.41) is 57.7. The maximum atomic E-state index is 13.0. The third-order valence-corrected chi connectivity index (χ3v) is 12.2. The van der Waals surface area contributed by atoms with Gasteiger partial charge in [0.15, 0.2) is 23.4 Å². The van der Waals surface area contributed by atoms with Crippen LogP contribution in [-0.2, 0) is 28.5 Å². The fraction of sp³-hybridized carbons (Fsp3) is 0.545. The number of aliphatic hydroxyl groups is 2. The van der Waals surface area contributed by atoms with E-state index in [0.717, 1.165) is 43.2 Å². The third kappa shape index (κ3) is 3.01. The van der Waals surface area contributed by atoms with Crippen molar-refractivity contribution in [3.8, 4) is 11.5 Å². The number of hydrogen-bond donors (Lipinski definition) is 4. The summed E-state index contributed by atoms with van der Waals surface area (Å²) >= 11 is 0. The molecule has 222 valence electrons. The Hall–Kier alpha value is -2.79. The van der Waals surface area contributed by atoms with Gasteiger partial charge >= 0.3 is 0 Å². The number of aromatic hydroxyl groups is 1. The normalized spacial score (nSPS) is 43.7. The summed E-state index contributed by atoms with van der Waals surface area (Å²) in [4.78, 5) is 12.4. The Bertz CT molecular complexity index is 1540. The molecule has 3 fully saturated rings. The lowest BCUT2D eigenvalue weighted by atomic mass is 9.50. The predicted octanol–water partition coefficient (Wildman–Crippen LogP) is 2.78. The molecule has 9 nitrogen and oxygen atoms in total. The molecule has 0 radical (unpaired) electrons. The van der Waals surface area contributed by atoms with Gasteiger partial charge in [-0.15, -0.1) is 0 Å². The number of carbonyl (C=O) groups is 1. The van der Waals surface area contributed by atoms with Gasteiger partial charge < -0.3 is 35.1 Å². The van der Waals surface area contributed by atoms with E-state index in [0.29, 0.717) is 31.7 Å². The van der Waals surface area contributed by atoms with E-state index in [9.17, 15) is 30.5 Å². The quantitative estimate of drug-likeness (QED) is 0.279. The lowest BCUT2D eigenvalue weighted by molar-refractivity contribution is -0.902. The molecule has 4 bridgehead atoms. The Labute approximate surface area is 244 Å². The number of phenols is 1.